The van der Waals surface area contributed by atoms with E-state index in [9.17, 15) is 14.4 Å². The molecule has 2 fully saturated rings. The molecule has 0 spiro atoms. The number of anilines is 1. The summed E-state index contributed by atoms with van der Waals surface area (Å²) in [6.07, 6.45) is 1.83. The summed E-state index contributed by atoms with van der Waals surface area (Å²) in [4.78, 5) is 48.1. The maximum absolute atomic E-state index is 13.4. The molecule has 0 saturated carbocycles. The van der Waals surface area contributed by atoms with Gasteiger partial charge in [-0.3, -0.25) is 9.59 Å². The van der Waals surface area contributed by atoms with Crippen molar-refractivity contribution in [3.63, 3.8) is 0 Å². The lowest BCUT2D eigenvalue weighted by atomic mass is 10.1. The van der Waals surface area contributed by atoms with E-state index in [0.29, 0.717) is 31.0 Å². The van der Waals surface area contributed by atoms with Crippen molar-refractivity contribution in [2.75, 3.05) is 24.5 Å². The minimum absolute atomic E-state index is 0.118. The first-order valence-corrected chi connectivity index (χ1v) is 10.5. The van der Waals surface area contributed by atoms with Crippen molar-refractivity contribution in [2.24, 2.45) is 0 Å². The number of fused-ring (bicyclic) bond motifs is 1. The first kappa shape index (κ1) is 20.0. The van der Waals surface area contributed by atoms with Gasteiger partial charge in [0.15, 0.2) is 17.8 Å². The van der Waals surface area contributed by atoms with Crippen LogP contribution in [0.4, 0.5) is 10.5 Å². The number of aromatic nitrogens is 1. The number of imide groups is 1. The number of oxazole rings is 1. The van der Waals surface area contributed by atoms with E-state index in [1.165, 1.54) is 11.3 Å². The molecule has 3 aromatic rings. The van der Waals surface area contributed by atoms with Crippen LogP contribution < -0.4 is 4.90 Å². The zero-order valence-electron chi connectivity index (χ0n) is 17.6. The Hall–Kier alpha value is -3.94. The number of carbonyl (C=O) groups excluding carboxylic acids is 3. The topological polar surface area (TPSA) is 87.0 Å². The molecule has 1 aromatic heterocycles. The van der Waals surface area contributed by atoms with E-state index in [0.717, 1.165) is 11.1 Å². The molecule has 162 valence electrons. The van der Waals surface area contributed by atoms with Crippen molar-refractivity contribution in [3.05, 3.63) is 72.2 Å². The quantitative estimate of drug-likeness (QED) is 0.595. The van der Waals surface area contributed by atoms with E-state index in [1.54, 1.807) is 34.1 Å². The van der Waals surface area contributed by atoms with Gasteiger partial charge in [-0.05, 0) is 31.5 Å². The summed E-state index contributed by atoms with van der Waals surface area (Å²) in [6.45, 7) is 2.92. The van der Waals surface area contributed by atoms with Gasteiger partial charge in [0.1, 0.15) is 6.04 Å². The van der Waals surface area contributed by atoms with Crippen molar-refractivity contribution in [1.29, 1.82) is 0 Å². The molecule has 0 aliphatic carbocycles. The van der Waals surface area contributed by atoms with Crippen LogP contribution in [0.5, 0.6) is 0 Å². The number of aryl methyl sites for hydroxylation is 1. The third-order valence-electron chi connectivity index (χ3n) is 5.89. The lowest BCUT2D eigenvalue weighted by molar-refractivity contribution is -0.119. The Morgan fingerprint density at radius 1 is 1.06 bits per heavy atom. The van der Waals surface area contributed by atoms with Crippen LogP contribution in [0.3, 0.4) is 0 Å². The van der Waals surface area contributed by atoms with Crippen molar-refractivity contribution < 1.29 is 18.8 Å². The van der Waals surface area contributed by atoms with Crippen LogP contribution in [0.25, 0.3) is 11.3 Å². The standard InChI is InChI=1S/C24H22N4O4/c1-16-7-5-8-17(13-16)21-20(25-15-32-21)23(30)26-11-6-12-27-19(14-26)22(29)28(24(27)31)18-9-3-2-4-10-18/h2-5,7-10,13,15,19H,6,11-12,14H2,1H3. The number of amides is 4. The summed E-state index contributed by atoms with van der Waals surface area (Å²) in [5, 5.41) is 0. The van der Waals surface area contributed by atoms with Crippen LogP contribution in [0.15, 0.2) is 65.4 Å². The molecular weight excluding hydrogens is 408 g/mol. The largest absolute Gasteiger partial charge is 0.443 e. The SMILES string of the molecule is Cc1cccc(-c2ocnc2C(=O)N2CCCN3C(=O)N(c4ccccc4)C(=O)C3C2)c1. The Balaban J connectivity index is 1.42. The molecule has 1 atom stereocenters. The van der Waals surface area contributed by atoms with Crippen molar-refractivity contribution in [1.82, 2.24) is 14.8 Å². The fourth-order valence-corrected chi connectivity index (χ4v) is 4.34. The van der Waals surface area contributed by atoms with Gasteiger partial charge < -0.3 is 14.2 Å². The maximum atomic E-state index is 13.4. The number of hydrogen-bond donors (Lipinski definition) is 0. The Kier molecular flexibility index (Phi) is 4.97. The average Bonchev–Trinajstić information content (AvgIpc) is 3.29. The highest BCUT2D eigenvalue weighted by Gasteiger charge is 2.48. The number of hydrogen-bond acceptors (Lipinski definition) is 5. The molecule has 8 nitrogen and oxygen atoms in total. The lowest BCUT2D eigenvalue weighted by Gasteiger charge is -2.23. The van der Waals surface area contributed by atoms with Crippen molar-refractivity contribution in [3.8, 4) is 11.3 Å². The first-order valence-electron chi connectivity index (χ1n) is 10.5. The highest BCUT2D eigenvalue weighted by molar-refractivity contribution is 6.21. The molecule has 1 unspecified atom stereocenters. The molecule has 0 bridgehead atoms. The van der Waals surface area contributed by atoms with Gasteiger partial charge in [-0.15, -0.1) is 0 Å². The summed E-state index contributed by atoms with van der Waals surface area (Å²) in [5.41, 5.74) is 2.55. The highest BCUT2D eigenvalue weighted by Crippen LogP contribution is 2.29. The zero-order chi connectivity index (χ0) is 22.2. The van der Waals surface area contributed by atoms with E-state index in [1.807, 2.05) is 37.3 Å². The maximum Gasteiger partial charge on any atom is 0.332 e. The molecule has 5 rings (SSSR count). The molecule has 2 aliphatic rings. The van der Waals surface area contributed by atoms with Gasteiger partial charge in [0.25, 0.3) is 11.8 Å². The fourth-order valence-electron chi connectivity index (χ4n) is 4.34. The third kappa shape index (κ3) is 3.33. The molecule has 2 saturated heterocycles. The average molecular weight is 430 g/mol. The number of para-hydroxylation sites is 1. The van der Waals surface area contributed by atoms with Crippen LogP contribution in [0, 0.1) is 6.92 Å². The lowest BCUT2D eigenvalue weighted by Crippen LogP contribution is -2.43. The van der Waals surface area contributed by atoms with Crippen molar-refractivity contribution >= 4 is 23.5 Å². The summed E-state index contributed by atoms with van der Waals surface area (Å²) >= 11 is 0. The Labute approximate surface area is 185 Å². The summed E-state index contributed by atoms with van der Waals surface area (Å²) < 4.78 is 5.55. The summed E-state index contributed by atoms with van der Waals surface area (Å²) in [5.74, 6) is -0.227. The first-order chi connectivity index (χ1) is 15.5. The zero-order valence-corrected chi connectivity index (χ0v) is 17.6. The Morgan fingerprint density at radius 2 is 1.88 bits per heavy atom. The van der Waals surface area contributed by atoms with Crippen molar-refractivity contribution in [2.45, 2.75) is 19.4 Å². The van der Waals surface area contributed by atoms with Crippen LogP contribution in [-0.2, 0) is 4.79 Å². The number of nitrogens with zero attached hydrogens (tertiary/aromatic N) is 4. The normalized spacial score (nSPS) is 18.7. The summed E-state index contributed by atoms with van der Waals surface area (Å²) in [7, 11) is 0. The second kappa shape index (κ2) is 7.96. The van der Waals surface area contributed by atoms with Crippen LogP contribution in [0.2, 0.25) is 0 Å². The van der Waals surface area contributed by atoms with E-state index in [-0.39, 0.29) is 30.1 Å². The molecule has 0 radical (unpaired) electrons. The molecule has 4 amide bonds. The molecular formula is C24H22N4O4. The van der Waals surface area contributed by atoms with Gasteiger partial charge in [-0.1, -0.05) is 42.0 Å². The molecule has 2 aliphatic heterocycles. The van der Waals surface area contributed by atoms with E-state index in [4.69, 9.17) is 4.42 Å². The Bertz CT molecular complexity index is 1190. The number of rotatable bonds is 3. The molecule has 3 heterocycles. The van der Waals surface area contributed by atoms with Gasteiger partial charge >= 0.3 is 6.03 Å². The minimum Gasteiger partial charge on any atom is -0.443 e. The molecule has 32 heavy (non-hydrogen) atoms. The molecule has 2 aromatic carbocycles. The predicted molar refractivity (Wildman–Crippen MR) is 117 cm³/mol. The molecule has 0 N–H and O–H groups in total. The van der Waals surface area contributed by atoms with Gasteiger partial charge in [0.2, 0.25) is 0 Å². The second-order valence-electron chi connectivity index (χ2n) is 8.01. The molecule has 8 heteroatoms. The van der Waals surface area contributed by atoms with Crippen LogP contribution in [0.1, 0.15) is 22.5 Å². The van der Waals surface area contributed by atoms with E-state index in [2.05, 4.69) is 4.98 Å². The van der Waals surface area contributed by atoms with Gasteiger partial charge in [-0.25, -0.2) is 14.7 Å². The third-order valence-corrected chi connectivity index (χ3v) is 5.89. The fraction of sp³-hybridized carbons (Fsp3) is 0.250. The monoisotopic (exact) mass is 430 g/mol. The van der Waals surface area contributed by atoms with Gasteiger partial charge in [0, 0.05) is 18.7 Å². The van der Waals surface area contributed by atoms with E-state index >= 15 is 0 Å². The van der Waals surface area contributed by atoms with E-state index < -0.39 is 6.04 Å². The summed E-state index contributed by atoms with van der Waals surface area (Å²) in [6, 6.07) is 15.5. The second-order valence-corrected chi connectivity index (χ2v) is 8.01. The van der Waals surface area contributed by atoms with Crippen LogP contribution in [-0.4, -0.2) is 58.3 Å². The number of carbonyl (C=O) groups is 3. The van der Waals surface area contributed by atoms with Gasteiger partial charge in [0.05, 0.1) is 12.2 Å². The Morgan fingerprint density at radius 3 is 2.66 bits per heavy atom. The number of benzene rings is 2. The smallest absolute Gasteiger partial charge is 0.332 e. The minimum atomic E-state index is -0.719. The van der Waals surface area contributed by atoms with Crippen LogP contribution >= 0.6 is 0 Å². The van der Waals surface area contributed by atoms with Gasteiger partial charge in [-0.2, -0.15) is 0 Å². The predicted octanol–water partition coefficient (Wildman–Crippen LogP) is 3.33. The highest BCUT2D eigenvalue weighted by atomic mass is 16.3. The number of urea groups is 1.